The first-order chi connectivity index (χ1) is 29.9. The fourth-order valence-electron chi connectivity index (χ4n) is 7.98. The molecule has 0 unspecified atom stereocenters. The third-order valence-electron chi connectivity index (χ3n) is 11.9. The number of nitrogens with one attached hydrogen (secondary N) is 3. The van der Waals surface area contributed by atoms with Crippen LogP contribution in [0.15, 0.2) is 116 Å². The topological polar surface area (TPSA) is 180 Å². The number of nitrogens with zero attached hydrogens (tertiary/aromatic N) is 5. The van der Waals surface area contributed by atoms with Gasteiger partial charge < -0.3 is 30.6 Å². The van der Waals surface area contributed by atoms with Gasteiger partial charge in [-0.25, -0.2) is 14.6 Å². The van der Waals surface area contributed by atoms with Crippen LogP contribution >= 0.6 is 0 Å². The molecule has 14 heteroatoms. The number of hydrogen-bond acceptors (Lipinski definition) is 8. The summed E-state index contributed by atoms with van der Waals surface area (Å²) in [7, 11) is 0. The Bertz CT molecular complexity index is 2260. The van der Waals surface area contributed by atoms with Gasteiger partial charge in [-0.05, 0) is 70.3 Å². The number of aliphatic hydroxyl groups is 1. The van der Waals surface area contributed by atoms with Gasteiger partial charge in [0.1, 0.15) is 12.1 Å². The Kier molecular flexibility index (Phi) is 15.6. The van der Waals surface area contributed by atoms with Gasteiger partial charge in [0.05, 0.1) is 17.7 Å². The van der Waals surface area contributed by atoms with E-state index >= 15 is 0 Å². The zero-order valence-corrected chi connectivity index (χ0v) is 35.9. The number of carboxylic acid groups (broad SMARTS) is 1. The smallest absolute Gasteiger partial charge is 0.405 e. The Balaban J connectivity index is 1.25. The predicted molar refractivity (Wildman–Crippen MR) is 238 cm³/mol. The molecule has 0 bridgehead atoms. The third-order valence-corrected chi connectivity index (χ3v) is 11.9. The molecule has 0 aliphatic carbocycles. The highest BCUT2D eigenvalue weighted by molar-refractivity contribution is 5.89. The lowest BCUT2D eigenvalue weighted by atomic mass is 9.95. The maximum absolute atomic E-state index is 14.6. The second-order valence-electron chi connectivity index (χ2n) is 16.2. The standard InChI is InChI=1S/C48H58N8O6/c1-5-32(3)43(52-47(60)61)45(58)53-55(29-35-16-18-36(19-17-35)37-20-23-49-24-21-37)31-42(57)41(28-34-12-8-7-9-13-34)51-46(59)44(33(4)6-2)56-27-26-54(48(56)62)30-38-22-25-50-40-15-11-10-14-39(38)40/h7-25,32-33,41-44,52,57H,5-6,26-31H2,1-4H3,(H,51,59)(H,53,58)(H,60,61)/t32-,33-,41-,42-,43-,44-/m0/s1. The molecule has 1 aliphatic rings. The molecule has 1 aliphatic heterocycles. The van der Waals surface area contributed by atoms with Gasteiger partial charge in [-0.2, -0.15) is 0 Å². The average molecular weight is 843 g/mol. The number of carbonyl (C=O) groups excluding carboxylic acids is 3. The molecule has 3 aromatic carbocycles. The Morgan fingerprint density at radius 2 is 1.45 bits per heavy atom. The van der Waals surface area contributed by atoms with Gasteiger partial charge >= 0.3 is 12.1 Å². The Hall–Kier alpha value is -6.38. The molecule has 6 atom stereocenters. The van der Waals surface area contributed by atoms with Gasteiger partial charge in [-0.3, -0.25) is 25.0 Å². The molecule has 0 radical (unpaired) electrons. The van der Waals surface area contributed by atoms with Crippen molar-refractivity contribution in [3.8, 4) is 11.1 Å². The molecule has 1 saturated heterocycles. The first-order valence-electron chi connectivity index (χ1n) is 21.4. The van der Waals surface area contributed by atoms with Gasteiger partial charge in [0, 0.05) is 56.7 Å². The highest BCUT2D eigenvalue weighted by Gasteiger charge is 2.41. The van der Waals surface area contributed by atoms with Crippen LogP contribution in [0.25, 0.3) is 22.0 Å². The van der Waals surface area contributed by atoms with Crippen LogP contribution in [0, 0.1) is 11.8 Å². The van der Waals surface area contributed by atoms with E-state index in [0.29, 0.717) is 32.5 Å². The zero-order valence-electron chi connectivity index (χ0n) is 35.9. The molecule has 0 spiro atoms. The second-order valence-corrected chi connectivity index (χ2v) is 16.2. The molecule has 5 aromatic rings. The van der Waals surface area contributed by atoms with Crippen molar-refractivity contribution in [2.75, 3.05) is 19.6 Å². The average Bonchev–Trinajstić information content (AvgIpc) is 3.63. The molecule has 3 heterocycles. The molecule has 0 saturated carbocycles. The van der Waals surface area contributed by atoms with Crippen LogP contribution in [0.1, 0.15) is 57.2 Å². The van der Waals surface area contributed by atoms with E-state index in [2.05, 4.69) is 26.0 Å². The molecule has 326 valence electrons. The van der Waals surface area contributed by atoms with Crippen molar-refractivity contribution >= 4 is 34.8 Å². The minimum Gasteiger partial charge on any atom is -0.465 e. The van der Waals surface area contributed by atoms with Crippen LogP contribution < -0.4 is 16.1 Å². The maximum Gasteiger partial charge on any atom is 0.405 e. The van der Waals surface area contributed by atoms with Gasteiger partial charge in [0.2, 0.25) is 5.91 Å². The minimum absolute atomic E-state index is 0.125. The fourth-order valence-corrected chi connectivity index (χ4v) is 7.98. The van der Waals surface area contributed by atoms with E-state index < -0.39 is 36.2 Å². The monoisotopic (exact) mass is 842 g/mol. The summed E-state index contributed by atoms with van der Waals surface area (Å²) < 4.78 is 0. The number of rotatable bonds is 20. The first-order valence-corrected chi connectivity index (χ1v) is 21.4. The van der Waals surface area contributed by atoms with Gasteiger partial charge in [-0.15, -0.1) is 0 Å². The number of pyridine rings is 2. The van der Waals surface area contributed by atoms with Crippen LogP contribution in [-0.4, -0.2) is 103 Å². The highest BCUT2D eigenvalue weighted by Crippen LogP contribution is 2.26. The van der Waals surface area contributed by atoms with Crippen LogP contribution in [0.5, 0.6) is 0 Å². The molecule has 2 aromatic heterocycles. The number of amides is 5. The second kappa shape index (κ2) is 21.4. The van der Waals surface area contributed by atoms with Crippen LogP contribution in [-0.2, 0) is 29.1 Å². The predicted octanol–water partition coefficient (Wildman–Crippen LogP) is 6.25. The van der Waals surface area contributed by atoms with Gasteiger partial charge in [-0.1, -0.05) is 113 Å². The van der Waals surface area contributed by atoms with E-state index in [-0.39, 0.29) is 43.3 Å². The van der Waals surface area contributed by atoms with Crippen molar-refractivity contribution < 1.29 is 29.4 Å². The SMILES string of the molecule is CC[C@H](C)[C@H](NC(=O)O)C(=O)NN(Cc1ccc(-c2ccncc2)cc1)C[C@H](O)[C@H](Cc1ccccc1)NC(=O)[C@H]([C@@H](C)CC)N1CCN(Cc2ccnc3ccccc23)C1=O. The number of urea groups is 1. The molecule has 6 rings (SSSR count). The van der Waals surface area contributed by atoms with Crippen LogP contribution in [0.3, 0.4) is 0 Å². The van der Waals surface area contributed by atoms with Crippen molar-refractivity contribution in [3.63, 3.8) is 0 Å². The number of benzene rings is 3. The van der Waals surface area contributed by atoms with E-state index in [0.717, 1.165) is 38.7 Å². The molecule has 5 amide bonds. The number of hydrazine groups is 1. The quantitative estimate of drug-likeness (QED) is 0.0566. The summed E-state index contributed by atoms with van der Waals surface area (Å²) in [5.41, 5.74) is 8.36. The van der Waals surface area contributed by atoms with Gasteiger partial charge in [0.25, 0.3) is 5.91 Å². The van der Waals surface area contributed by atoms with Crippen molar-refractivity contribution in [1.82, 2.24) is 40.8 Å². The summed E-state index contributed by atoms with van der Waals surface area (Å²) in [6, 6.07) is 27.9. The van der Waals surface area contributed by atoms with Crippen molar-refractivity contribution in [3.05, 3.63) is 132 Å². The van der Waals surface area contributed by atoms with E-state index in [9.17, 15) is 29.4 Å². The lowest BCUT2D eigenvalue weighted by molar-refractivity contribution is -0.132. The Morgan fingerprint density at radius 1 is 0.774 bits per heavy atom. The summed E-state index contributed by atoms with van der Waals surface area (Å²) in [6.07, 6.45) is 4.06. The van der Waals surface area contributed by atoms with Crippen LogP contribution in [0.2, 0.25) is 0 Å². The van der Waals surface area contributed by atoms with E-state index in [1.165, 1.54) is 0 Å². The lowest BCUT2D eigenvalue weighted by Crippen LogP contribution is -2.59. The summed E-state index contributed by atoms with van der Waals surface area (Å²) in [4.78, 5) is 66.4. The van der Waals surface area contributed by atoms with Crippen molar-refractivity contribution in [2.24, 2.45) is 11.8 Å². The number of fused-ring (bicyclic) bond motifs is 1. The number of para-hydroxylation sites is 1. The molecule has 5 N–H and O–H groups in total. The number of carbonyl (C=O) groups is 4. The van der Waals surface area contributed by atoms with Crippen molar-refractivity contribution in [1.29, 1.82) is 0 Å². The summed E-state index contributed by atoms with van der Waals surface area (Å²) in [5.74, 6) is -1.48. The molecule has 1 fully saturated rings. The summed E-state index contributed by atoms with van der Waals surface area (Å²) >= 11 is 0. The summed E-state index contributed by atoms with van der Waals surface area (Å²) in [5, 5.41) is 29.8. The fraction of sp³-hybridized carbons (Fsp3) is 0.375. The van der Waals surface area contributed by atoms with Crippen LogP contribution in [0.4, 0.5) is 9.59 Å². The maximum atomic E-state index is 14.6. The van der Waals surface area contributed by atoms with E-state index in [1.807, 2.05) is 118 Å². The van der Waals surface area contributed by atoms with E-state index in [4.69, 9.17) is 0 Å². The number of hydrogen-bond donors (Lipinski definition) is 5. The molecular weight excluding hydrogens is 785 g/mol. The number of aliphatic hydroxyl groups excluding tert-OH is 1. The molecule has 14 nitrogen and oxygen atoms in total. The third kappa shape index (κ3) is 11.5. The van der Waals surface area contributed by atoms with Crippen molar-refractivity contribution in [2.45, 2.75) is 84.3 Å². The molecular formula is C48H58N8O6. The number of aromatic nitrogens is 2. The normalized spacial score (nSPS) is 15.7. The van der Waals surface area contributed by atoms with E-state index in [1.54, 1.807) is 40.3 Å². The Morgan fingerprint density at radius 3 is 2.15 bits per heavy atom. The largest absolute Gasteiger partial charge is 0.465 e. The zero-order chi connectivity index (χ0) is 44.2. The molecule has 62 heavy (non-hydrogen) atoms. The van der Waals surface area contributed by atoms with Gasteiger partial charge in [0.15, 0.2) is 0 Å². The Labute approximate surface area is 363 Å². The lowest BCUT2D eigenvalue weighted by Gasteiger charge is -2.35. The minimum atomic E-state index is -1.32. The first kappa shape index (κ1) is 45.2. The summed E-state index contributed by atoms with van der Waals surface area (Å²) in [6.45, 7) is 8.81. The highest BCUT2D eigenvalue weighted by atomic mass is 16.4.